The molecule has 27 heavy (non-hydrogen) atoms. The van der Waals surface area contributed by atoms with Crippen LogP contribution in [0, 0.1) is 5.92 Å². The van der Waals surface area contributed by atoms with Gasteiger partial charge in [0.25, 0.3) is 0 Å². The third-order valence-electron chi connectivity index (χ3n) is 5.53. The fraction of sp³-hybridized carbons (Fsp3) is 0.880. The molecule has 0 aromatic carbocycles. The topological polar surface area (TPSA) is 37.3 Å². The van der Waals surface area contributed by atoms with E-state index in [9.17, 15) is 4.79 Å². The van der Waals surface area contributed by atoms with E-state index in [0.29, 0.717) is 6.42 Å². The van der Waals surface area contributed by atoms with E-state index < -0.39 is 5.97 Å². The molecule has 1 N–H and O–H groups in total. The van der Waals surface area contributed by atoms with E-state index in [0.717, 1.165) is 18.8 Å². The fourth-order valence-corrected chi connectivity index (χ4v) is 3.71. The number of hydrogen-bond acceptors (Lipinski definition) is 1. The van der Waals surface area contributed by atoms with Gasteiger partial charge in [0.1, 0.15) is 0 Å². The maximum absolute atomic E-state index is 10.5. The first kappa shape index (κ1) is 26.2. The molecule has 0 bridgehead atoms. The molecule has 0 aliphatic carbocycles. The molecule has 2 heteroatoms. The van der Waals surface area contributed by atoms with Crippen molar-refractivity contribution in [3.8, 4) is 0 Å². The number of unbranched alkanes of at least 4 members (excludes halogenated alkanes) is 13. The molecule has 0 amide bonds. The minimum Gasteiger partial charge on any atom is -0.481 e. The average molecular weight is 381 g/mol. The molecule has 0 aliphatic heterocycles. The summed E-state index contributed by atoms with van der Waals surface area (Å²) < 4.78 is 0. The average Bonchev–Trinajstić information content (AvgIpc) is 2.65. The molecular weight excluding hydrogens is 332 g/mol. The number of aliphatic carboxylic acids is 1. The Morgan fingerprint density at radius 1 is 0.704 bits per heavy atom. The van der Waals surface area contributed by atoms with Crippen LogP contribution in [0.2, 0.25) is 0 Å². The molecule has 0 heterocycles. The summed E-state index contributed by atoms with van der Waals surface area (Å²) in [5, 5.41) is 8.68. The van der Waals surface area contributed by atoms with Gasteiger partial charge < -0.3 is 5.11 Å². The molecule has 2 nitrogen and oxygen atoms in total. The van der Waals surface area contributed by atoms with Crippen molar-refractivity contribution in [3.63, 3.8) is 0 Å². The molecule has 1 unspecified atom stereocenters. The van der Waals surface area contributed by atoms with Crippen molar-refractivity contribution in [1.82, 2.24) is 0 Å². The van der Waals surface area contributed by atoms with Crippen molar-refractivity contribution in [3.05, 3.63) is 12.2 Å². The Kier molecular flexibility index (Phi) is 20.9. The molecule has 0 aliphatic rings. The summed E-state index contributed by atoms with van der Waals surface area (Å²) in [4.78, 5) is 10.5. The van der Waals surface area contributed by atoms with E-state index in [1.165, 1.54) is 103 Å². The van der Waals surface area contributed by atoms with Gasteiger partial charge in [0.2, 0.25) is 0 Å². The number of carboxylic acids is 1. The lowest BCUT2D eigenvalue weighted by atomic mass is 9.93. The van der Waals surface area contributed by atoms with E-state index in [1.54, 1.807) is 0 Å². The normalized spacial score (nSPS) is 12.7. The van der Waals surface area contributed by atoms with Crippen LogP contribution in [0.25, 0.3) is 0 Å². The van der Waals surface area contributed by atoms with Crippen molar-refractivity contribution in [2.24, 2.45) is 5.92 Å². The largest absolute Gasteiger partial charge is 0.481 e. The predicted octanol–water partition coefficient (Wildman–Crippen LogP) is 8.70. The Morgan fingerprint density at radius 3 is 1.78 bits per heavy atom. The van der Waals surface area contributed by atoms with Crippen molar-refractivity contribution >= 4 is 5.97 Å². The number of rotatable bonds is 21. The zero-order valence-electron chi connectivity index (χ0n) is 18.5. The van der Waals surface area contributed by atoms with Crippen molar-refractivity contribution < 1.29 is 9.90 Å². The van der Waals surface area contributed by atoms with Crippen molar-refractivity contribution in [2.45, 2.75) is 136 Å². The molecule has 160 valence electrons. The predicted molar refractivity (Wildman–Crippen MR) is 119 cm³/mol. The van der Waals surface area contributed by atoms with Gasteiger partial charge in [-0.25, -0.2) is 0 Å². The number of carbonyl (C=O) groups is 1. The summed E-state index contributed by atoms with van der Waals surface area (Å²) in [5.41, 5.74) is 0. The summed E-state index contributed by atoms with van der Waals surface area (Å²) in [6.07, 6.45) is 28.6. The molecule has 0 spiro atoms. The minimum atomic E-state index is -0.655. The lowest BCUT2D eigenvalue weighted by Crippen LogP contribution is -1.98. The quantitative estimate of drug-likeness (QED) is 0.160. The van der Waals surface area contributed by atoms with E-state index in [1.807, 2.05) is 0 Å². The maximum Gasteiger partial charge on any atom is 0.303 e. The van der Waals surface area contributed by atoms with Crippen molar-refractivity contribution in [1.29, 1.82) is 0 Å². The van der Waals surface area contributed by atoms with Gasteiger partial charge in [0.05, 0.1) is 0 Å². The Bertz CT molecular complexity index is 335. The molecule has 1 atom stereocenters. The molecule has 0 saturated heterocycles. The van der Waals surface area contributed by atoms with Crippen LogP contribution in [-0.4, -0.2) is 11.1 Å². The Balaban J connectivity index is 3.88. The molecule has 0 aromatic heterocycles. The van der Waals surface area contributed by atoms with Crippen LogP contribution < -0.4 is 0 Å². The lowest BCUT2D eigenvalue weighted by Gasteiger charge is -2.13. The Labute approximate surface area is 170 Å². The zero-order valence-corrected chi connectivity index (χ0v) is 18.5. The molecule has 0 radical (unpaired) electrons. The van der Waals surface area contributed by atoms with Gasteiger partial charge in [-0.05, 0) is 38.0 Å². The summed E-state index contributed by atoms with van der Waals surface area (Å²) in [6.45, 7) is 4.56. The summed E-state index contributed by atoms with van der Waals surface area (Å²) in [7, 11) is 0. The van der Waals surface area contributed by atoms with Gasteiger partial charge in [0.15, 0.2) is 0 Å². The van der Waals surface area contributed by atoms with Crippen LogP contribution in [0.1, 0.15) is 136 Å². The first-order chi connectivity index (χ1) is 13.2. The maximum atomic E-state index is 10.5. The second kappa shape index (κ2) is 21.5. The van der Waals surface area contributed by atoms with Gasteiger partial charge in [-0.2, -0.15) is 0 Å². The molecule has 0 rings (SSSR count). The highest BCUT2D eigenvalue weighted by Crippen LogP contribution is 2.20. The highest BCUT2D eigenvalue weighted by Gasteiger charge is 2.05. The smallest absolute Gasteiger partial charge is 0.303 e. The summed E-state index contributed by atoms with van der Waals surface area (Å²) in [6, 6.07) is 0. The van der Waals surface area contributed by atoms with Gasteiger partial charge in [-0.3, -0.25) is 4.79 Å². The summed E-state index contributed by atoms with van der Waals surface area (Å²) >= 11 is 0. The third-order valence-corrected chi connectivity index (χ3v) is 5.53. The van der Waals surface area contributed by atoms with Crippen molar-refractivity contribution in [2.75, 3.05) is 0 Å². The van der Waals surface area contributed by atoms with E-state index in [2.05, 4.69) is 26.0 Å². The molecule has 0 saturated carbocycles. The first-order valence-corrected chi connectivity index (χ1v) is 12.1. The van der Waals surface area contributed by atoms with Crippen LogP contribution in [0.5, 0.6) is 0 Å². The lowest BCUT2D eigenvalue weighted by molar-refractivity contribution is -0.137. The second-order valence-corrected chi connectivity index (χ2v) is 8.29. The highest BCUT2D eigenvalue weighted by atomic mass is 16.4. The van der Waals surface area contributed by atoms with E-state index >= 15 is 0 Å². The van der Waals surface area contributed by atoms with Crippen LogP contribution in [0.3, 0.4) is 0 Å². The number of hydrogen-bond donors (Lipinski definition) is 1. The first-order valence-electron chi connectivity index (χ1n) is 12.1. The minimum absolute atomic E-state index is 0.335. The van der Waals surface area contributed by atoms with Gasteiger partial charge >= 0.3 is 5.97 Å². The number of carboxylic acid groups (broad SMARTS) is 1. The van der Waals surface area contributed by atoms with E-state index in [-0.39, 0.29) is 0 Å². The van der Waals surface area contributed by atoms with Crippen LogP contribution in [-0.2, 0) is 4.79 Å². The van der Waals surface area contributed by atoms with Crippen LogP contribution >= 0.6 is 0 Å². The molecule has 0 aromatic rings. The summed E-state index contributed by atoms with van der Waals surface area (Å²) in [5.74, 6) is 0.110. The van der Waals surface area contributed by atoms with Gasteiger partial charge in [-0.1, -0.05) is 109 Å². The molecular formula is C25H48O2. The zero-order chi connectivity index (χ0) is 20.0. The second-order valence-electron chi connectivity index (χ2n) is 8.29. The monoisotopic (exact) mass is 380 g/mol. The van der Waals surface area contributed by atoms with Gasteiger partial charge in [-0.15, -0.1) is 0 Å². The van der Waals surface area contributed by atoms with Crippen LogP contribution in [0.15, 0.2) is 12.2 Å². The fourth-order valence-electron chi connectivity index (χ4n) is 3.71. The SMILES string of the molecule is CCCCCCCCC=CC(CCCCCC)CCCCCCCC(=O)O. The standard InChI is InChI=1S/C25H48O2/c1-3-5-7-9-10-11-13-17-21-24(20-16-8-6-4-2)22-18-14-12-15-19-23-25(26)27/h17,21,24H,3-16,18-20,22-23H2,1-2H3,(H,26,27). The third kappa shape index (κ3) is 21.4. The van der Waals surface area contributed by atoms with E-state index in [4.69, 9.17) is 5.11 Å². The molecule has 0 fully saturated rings. The van der Waals surface area contributed by atoms with Crippen LogP contribution in [0.4, 0.5) is 0 Å². The highest BCUT2D eigenvalue weighted by molar-refractivity contribution is 5.66. The Hall–Kier alpha value is -0.790. The van der Waals surface area contributed by atoms with Gasteiger partial charge in [0, 0.05) is 6.42 Å². The Morgan fingerprint density at radius 2 is 1.19 bits per heavy atom. The number of allylic oxidation sites excluding steroid dienone is 2.